The topological polar surface area (TPSA) is 56.1 Å². The summed E-state index contributed by atoms with van der Waals surface area (Å²) in [5.74, 6) is -0.139. The van der Waals surface area contributed by atoms with Crippen LogP contribution in [0, 0.1) is 20.8 Å². The van der Waals surface area contributed by atoms with Gasteiger partial charge in [-0.05, 0) is 68.1 Å². The van der Waals surface area contributed by atoms with Gasteiger partial charge in [-0.25, -0.2) is 4.68 Å². The Kier molecular flexibility index (Phi) is 6.26. The number of benzene rings is 2. The third-order valence-corrected chi connectivity index (χ3v) is 4.80. The molecule has 0 bridgehead atoms. The summed E-state index contributed by atoms with van der Waals surface area (Å²) in [5, 5.41) is 7.72. The van der Waals surface area contributed by atoms with Crippen molar-refractivity contribution in [2.75, 3.05) is 20.3 Å². The summed E-state index contributed by atoms with van der Waals surface area (Å²) in [6, 6.07) is 16.1. The van der Waals surface area contributed by atoms with Crippen LogP contribution in [0.4, 0.5) is 0 Å². The average Bonchev–Trinajstić information content (AvgIpc) is 3.13. The lowest BCUT2D eigenvalue weighted by Crippen LogP contribution is -2.27. The SMILES string of the molecule is COCCCNC(=O)c1cc(-c2ccc(C)c(C)c2)nn1-c1cccc(C)c1. The first-order valence-electron chi connectivity index (χ1n) is 9.51. The lowest BCUT2D eigenvalue weighted by Gasteiger charge is -2.09. The Hall–Kier alpha value is -2.92. The van der Waals surface area contributed by atoms with Crippen LogP contribution in [0.15, 0.2) is 48.5 Å². The van der Waals surface area contributed by atoms with Crippen LogP contribution in [0.1, 0.15) is 33.6 Å². The Morgan fingerprint density at radius 2 is 1.89 bits per heavy atom. The van der Waals surface area contributed by atoms with E-state index in [1.54, 1.807) is 11.8 Å². The van der Waals surface area contributed by atoms with Gasteiger partial charge in [0.2, 0.25) is 0 Å². The molecule has 0 atom stereocenters. The smallest absolute Gasteiger partial charge is 0.270 e. The standard InChI is InChI=1S/C23H27N3O2/c1-16-7-5-8-20(13-16)26-22(23(27)24-11-6-12-28-4)15-21(25-26)19-10-9-17(2)18(3)14-19/h5,7-10,13-15H,6,11-12H2,1-4H3,(H,24,27). The summed E-state index contributed by atoms with van der Waals surface area (Å²) in [6.45, 7) is 7.38. The first-order chi connectivity index (χ1) is 13.5. The van der Waals surface area contributed by atoms with Gasteiger partial charge in [-0.1, -0.05) is 24.3 Å². The van der Waals surface area contributed by atoms with Crippen LogP contribution in [0.2, 0.25) is 0 Å². The molecule has 146 valence electrons. The third-order valence-electron chi connectivity index (χ3n) is 4.80. The Morgan fingerprint density at radius 3 is 2.61 bits per heavy atom. The first-order valence-corrected chi connectivity index (χ1v) is 9.51. The van der Waals surface area contributed by atoms with Crippen LogP contribution >= 0.6 is 0 Å². The molecule has 0 unspecified atom stereocenters. The second kappa shape index (κ2) is 8.85. The van der Waals surface area contributed by atoms with Gasteiger partial charge in [-0.3, -0.25) is 4.79 Å². The van der Waals surface area contributed by atoms with E-state index in [2.05, 4.69) is 31.3 Å². The predicted octanol–water partition coefficient (Wildman–Crippen LogP) is 4.23. The maximum atomic E-state index is 12.8. The Morgan fingerprint density at radius 1 is 1.07 bits per heavy atom. The van der Waals surface area contributed by atoms with Crippen molar-refractivity contribution in [3.63, 3.8) is 0 Å². The van der Waals surface area contributed by atoms with Gasteiger partial charge in [0.05, 0.1) is 11.4 Å². The number of methoxy groups -OCH3 is 1. The van der Waals surface area contributed by atoms with Crippen LogP contribution in [0.25, 0.3) is 16.9 Å². The van der Waals surface area contributed by atoms with Crippen molar-refractivity contribution in [3.8, 4) is 16.9 Å². The second-order valence-electron chi connectivity index (χ2n) is 7.07. The highest BCUT2D eigenvalue weighted by Gasteiger charge is 2.17. The molecule has 0 aliphatic heterocycles. The number of ether oxygens (including phenoxy) is 1. The minimum atomic E-state index is -0.139. The molecule has 0 fully saturated rings. The van der Waals surface area contributed by atoms with Gasteiger partial charge in [0.1, 0.15) is 5.69 Å². The van der Waals surface area contributed by atoms with E-state index in [9.17, 15) is 4.79 Å². The summed E-state index contributed by atoms with van der Waals surface area (Å²) in [7, 11) is 1.66. The van der Waals surface area contributed by atoms with Crippen molar-refractivity contribution in [1.29, 1.82) is 0 Å². The van der Waals surface area contributed by atoms with E-state index in [4.69, 9.17) is 9.84 Å². The molecule has 0 aliphatic rings. The molecule has 3 aromatic rings. The van der Waals surface area contributed by atoms with E-state index in [0.29, 0.717) is 18.8 Å². The zero-order valence-corrected chi connectivity index (χ0v) is 17.0. The van der Waals surface area contributed by atoms with Gasteiger partial charge in [0, 0.05) is 25.8 Å². The Labute approximate surface area is 166 Å². The number of carbonyl (C=O) groups excluding carboxylic acids is 1. The molecule has 5 heteroatoms. The molecule has 0 spiro atoms. The molecule has 3 rings (SSSR count). The number of nitrogens with zero attached hydrogens (tertiary/aromatic N) is 2. The minimum absolute atomic E-state index is 0.139. The number of nitrogens with one attached hydrogen (secondary N) is 1. The maximum Gasteiger partial charge on any atom is 0.270 e. The number of hydrogen-bond acceptors (Lipinski definition) is 3. The largest absolute Gasteiger partial charge is 0.385 e. The fraction of sp³-hybridized carbons (Fsp3) is 0.304. The van der Waals surface area contributed by atoms with Crippen molar-refractivity contribution >= 4 is 5.91 Å². The molecular formula is C23H27N3O2. The van der Waals surface area contributed by atoms with Gasteiger partial charge in [-0.15, -0.1) is 0 Å². The Bertz CT molecular complexity index is 976. The van der Waals surface area contributed by atoms with Crippen LogP contribution < -0.4 is 5.32 Å². The highest BCUT2D eigenvalue weighted by Crippen LogP contribution is 2.24. The lowest BCUT2D eigenvalue weighted by molar-refractivity contribution is 0.0941. The van der Waals surface area contributed by atoms with Crippen molar-refractivity contribution in [2.24, 2.45) is 0 Å². The highest BCUT2D eigenvalue weighted by atomic mass is 16.5. The van der Waals surface area contributed by atoms with E-state index in [-0.39, 0.29) is 5.91 Å². The minimum Gasteiger partial charge on any atom is -0.385 e. The van der Waals surface area contributed by atoms with Crippen molar-refractivity contribution in [1.82, 2.24) is 15.1 Å². The van der Waals surface area contributed by atoms with Crippen LogP contribution in [-0.4, -0.2) is 35.9 Å². The summed E-state index contributed by atoms with van der Waals surface area (Å²) in [5.41, 5.74) is 6.74. The quantitative estimate of drug-likeness (QED) is 0.627. The normalized spacial score (nSPS) is 10.9. The van der Waals surface area contributed by atoms with Gasteiger partial charge in [0.15, 0.2) is 0 Å². The summed E-state index contributed by atoms with van der Waals surface area (Å²) in [6.07, 6.45) is 0.769. The molecule has 0 saturated heterocycles. The summed E-state index contributed by atoms with van der Waals surface area (Å²) < 4.78 is 6.77. The van der Waals surface area contributed by atoms with Crippen molar-refractivity contribution < 1.29 is 9.53 Å². The number of carbonyl (C=O) groups is 1. The van der Waals surface area contributed by atoms with Crippen LogP contribution in [0.3, 0.4) is 0 Å². The number of rotatable bonds is 7. The molecule has 1 amide bonds. The number of amides is 1. The number of aromatic nitrogens is 2. The average molecular weight is 377 g/mol. The fourth-order valence-electron chi connectivity index (χ4n) is 3.05. The molecule has 1 aromatic heterocycles. The number of aryl methyl sites for hydroxylation is 3. The Balaban J connectivity index is 1.99. The first kappa shape index (κ1) is 19.8. The molecule has 1 heterocycles. The monoisotopic (exact) mass is 377 g/mol. The molecule has 0 radical (unpaired) electrons. The lowest BCUT2D eigenvalue weighted by atomic mass is 10.0. The van der Waals surface area contributed by atoms with Crippen LogP contribution in [-0.2, 0) is 4.74 Å². The van der Waals surface area contributed by atoms with Crippen molar-refractivity contribution in [3.05, 3.63) is 70.9 Å². The van der Waals surface area contributed by atoms with E-state index >= 15 is 0 Å². The molecule has 1 N–H and O–H groups in total. The molecular weight excluding hydrogens is 350 g/mol. The molecule has 2 aromatic carbocycles. The zero-order valence-electron chi connectivity index (χ0n) is 17.0. The summed E-state index contributed by atoms with van der Waals surface area (Å²) >= 11 is 0. The number of hydrogen-bond donors (Lipinski definition) is 1. The molecule has 5 nitrogen and oxygen atoms in total. The van der Waals surface area contributed by atoms with Gasteiger partial charge >= 0.3 is 0 Å². The zero-order chi connectivity index (χ0) is 20.1. The maximum absolute atomic E-state index is 12.8. The van der Waals surface area contributed by atoms with Gasteiger partial charge in [0.25, 0.3) is 5.91 Å². The second-order valence-corrected chi connectivity index (χ2v) is 7.07. The van der Waals surface area contributed by atoms with Gasteiger partial charge < -0.3 is 10.1 Å². The van der Waals surface area contributed by atoms with E-state index < -0.39 is 0 Å². The van der Waals surface area contributed by atoms with E-state index in [1.807, 2.05) is 43.3 Å². The van der Waals surface area contributed by atoms with E-state index in [0.717, 1.165) is 28.9 Å². The van der Waals surface area contributed by atoms with Gasteiger partial charge in [-0.2, -0.15) is 5.10 Å². The third kappa shape index (κ3) is 4.49. The molecule has 0 aliphatic carbocycles. The van der Waals surface area contributed by atoms with Crippen LogP contribution in [0.5, 0.6) is 0 Å². The summed E-state index contributed by atoms with van der Waals surface area (Å²) in [4.78, 5) is 12.8. The highest BCUT2D eigenvalue weighted by molar-refractivity contribution is 5.94. The predicted molar refractivity (Wildman–Crippen MR) is 112 cm³/mol. The van der Waals surface area contributed by atoms with Crippen molar-refractivity contribution in [2.45, 2.75) is 27.2 Å². The fourth-order valence-corrected chi connectivity index (χ4v) is 3.05. The molecule has 28 heavy (non-hydrogen) atoms. The van der Waals surface area contributed by atoms with E-state index in [1.165, 1.54) is 11.1 Å². The molecule has 0 saturated carbocycles.